The Bertz CT molecular complexity index is 423. The Kier molecular flexibility index (Phi) is 3.13. The van der Waals surface area contributed by atoms with Crippen molar-refractivity contribution in [3.8, 4) is 0 Å². The fourth-order valence-electron chi connectivity index (χ4n) is 1.55. The molecule has 82 valence electrons. The zero-order valence-corrected chi connectivity index (χ0v) is 11.2. The highest BCUT2D eigenvalue weighted by Gasteiger charge is 2.29. The maximum atomic E-state index is 11.7. The molecule has 0 aliphatic heterocycles. The third-order valence-electron chi connectivity index (χ3n) is 2.95. The SMILES string of the molecule is CCC(C)c1nc(C2CC2)c(I)c(=O)[nH]1. The standard InChI is InChI=1S/C11H15IN2O/c1-3-6(2)10-13-9(7-4-5-7)8(12)11(15)14-10/h6-7H,3-5H2,1-2H3,(H,13,14,15). The lowest BCUT2D eigenvalue weighted by Crippen LogP contribution is -2.19. The van der Waals surface area contributed by atoms with Gasteiger partial charge in [0.05, 0.1) is 9.26 Å². The lowest BCUT2D eigenvalue weighted by molar-refractivity contribution is 0.664. The Morgan fingerprint density at radius 3 is 2.80 bits per heavy atom. The Hall–Kier alpha value is -0.390. The maximum absolute atomic E-state index is 11.7. The van der Waals surface area contributed by atoms with Gasteiger partial charge in [0, 0.05) is 11.8 Å². The molecule has 1 aliphatic rings. The van der Waals surface area contributed by atoms with E-state index in [1.54, 1.807) is 0 Å². The second-order valence-electron chi connectivity index (χ2n) is 4.23. The van der Waals surface area contributed by atoms with Gasteiger partial charge >= 0.3 is 0 Å². The fraction of sp³-hybridized carbons (Fsp3) is 0.636. The van der Waals surface area contributed by atoms with E-state index < -0.39 is 0 Å². The number of aromatic amines is 1. The van der Waals surface area contributed by atoms with Crippen molar-refractivity contribution >= 4 is 22.6 Å². The maximum Gasteiger partial charge on any atom is 0.264 e. The number of nitrogens with one attached hydrogen (secondary N) is 1. The van der Waals surface area contributed by atoms with Crippen LogP contribution in [0.15, 0.2) is 4.79 Å². The van der Waals surface area contributed by atoms with Crippen molar-refractivity contribution in [3.05, 3.63) is 25.4 Å². The van der Waals surface area contributed by atoms with Crippen LogP contribution in [-0.4, -0.2) is 9.97 Å². The van der Waals surface area contributed by atoms with Gasteiger partial charge < -0.3 is 4.98 Å². The van der Waals surface area contributed by atoms with E-state index in [4.69, 9.17) is 0 Å². The lowest BCUT2D eigenvalue weighted by Gasteiger charge is -2.10. The van der Waals surface area contributed by atoms with Gasteiger partial charge in [0.25, 0.3) is 5.56 Å². The average Bonchev–Trinajstić information content (AvgIpc) is 3.04. The van der Waals surface area contributed by atoms with Gasteiger partial charge in [-0.1, -0.05) is 13.8 Å². The summed E-state index contributed by atoms with van der Waals surface area (Å²) in [5.74, 6) is 1.74. The van der Waals surface area contributed by atoms with E-state index in [9.17, 15) is 4.79 Å². The third-order valence-corrected chi connectivity index (χ3v) is 3.99. The van der Waals surface area contributed by atoms with Crippen LogP contribution in [0.2, 0.25) is 0 Å². The minimum atomic E-state index is 0.0304. The molecule has 1 unspecified atom stereocenters. The topological polar surface area (TPSA) is 45.8 Å². The second-order valence-corrected chi connectivity index (χ2v) is 5.31. The van der Waals surface area contributed by atoms with E-state index in [1.807, 2.05) is 0 Å². The van der Waals surface area contributed by atoms with E-state index in [1.165, 1.54) is 12.8 Å². The predicted molar refractivity (Wildman–Crippen MR) is 68.3 cm³/mol. The van der Waals surface area contributed by atoms with Gasteiger partial charge in [-0.05, 0) is 41.9 Å². The zero-order chi connectivity index (χ0) is 11.0. The number of hydrogen-bond acceptors (Lipinski definition) is 2. The molecule has 3 nitrogen and oxygen atoms in total. The molecule has 1 fully saturated rings. The summed E-state index contributed by atoms with van der Waals surface area (Å²) in [5.41, 5.74) is 1.05. The monoisotopic (exact) mass is 318 g/mol. The van der Waals surface area contributed by atoms with Crippen LogP contribution in [0.3, 0.4) is 0 Å². The van der Waals surface area contributed by atoms with Crippen molar-refractivity contribution in [1.29, 1.82) is 0 Å². The summed E-state index contributed by atoms with van der Waals surface area (Å²) >= 11 is 2.11. The normalized spacial score (nSPS) is 17.8. The van der Waals surface area contributed by atoms with Crippen molar-refractivity contribution in [2.75, 3.05) is 0 Å². The molecule has 4 heteroatoms. The summed E-state index contributed by atoms with van der Waals surface area (Å²) in [4.78, 5) is 19.2. The van der Waals surface area contributed by atoms with Crippen LogP contribution in [0.25, 0.3) is 0 Å². The van der Waals surface area contributed by atoms with Crippen molar-refractivity contribution in [2.45, 2.75) is 44.9 Å². The first kappa shape index (κ1) is 11.1. The molecule has 0 aromatic carbocycles. The Balaban J connectivity index is 2.45. The summed E-state index contributed by atoms with van der Waals surface area (Å²) in [6.07, 6.45) is 3.38. The average molecular weight is 318 g/mol. The van der Waals surface area contributed by atoms with E-state index in [-0.39, 0.29) is 5.56 Å². The smallest absolute Gasteiger partial charge is 0.264 e. The molecule has 1 aliphatic carbocycles. The molecular formula is C11H15IN2O. The minimum Gasteiger partial charge on any atom is -0.309 e. The van der Waals surface area contributed by atoms with Gasteiger partial charge in [0.2, 0.25) is 0 Å². The van der Waals surface area contributed by atoms with Gasteiger partial charge in [0.1, 0.15) is 5.82 Å². The number of rotatable bonds is 3. The summed E-state index contributed by atoms with van der Waals surface area (Å²) in [6, 6.07) is 0. The van der Waals surface area contributed by atoms with E-state index in [2.05, 4.69) is 46.4 Å². The second kappa shape index (κ2) is 4.23. The highest BCUT2D eigenvalue weighted by molar-refractivity contribution is 14.1. The van der Waals surface area contributed by atoms with Crippen LogP contribution < -0.4 is 5.56 Å². The van der Waals surface area contributed by atoms with Crippen molar-refractivity contribution in [2.24, 2.45) is 0 Å². The number of hydrogen-bond donors (Lipinski definition) is 1. The quantitative estimate of drug-likeness (QED) is 0.871. The molecule has 1 N–H and O–H groups in total. The summed E-state index contributed by atoms with van der Waals surface area (Å²) in [5, 5.41) is 0. The molecule has 2 rings (SSSR count). The molecule has 0 radical (unpaired) electrons. The largest absolute Gasteiger partial charge is 0.309 e. The van der Waals surface area contributed by atoms with E-state index in [0.717, 1.165) is 21.5 Å². The van der Waals surface area contributed by atoms with Crippen LogP contribution in [0.1, 0.15) is 56.5 Å². The van der Waals surface area contributed by atoms with Crippen LogP contribution in [0, 0.1) is 3.57 Å². The number of H-pyrrole nitrogens is 1. The Morgan fingerprint density at radius 2 is 2.27 bits per heavy atom. The number of nitrogens with zero attached hydrogens (tertiary/aromatic N) is 1. The van der Waals surface area contributed by atoms with Crippen LogP contribution in [-0.2, 0) is 0 Å². The molecule has 1 atom stereocenters. The molecule has 1 heterocycles. The molecule has 1 aromatic heterocycles. The first-order chi connectivity index (χ1) is 7.13. The fourth-order valence-corrected chi connectivity index (χ4v) is 2.24. The molecular weight excluding hydrogens is 303 g/mol. The van der Waals surface area contributed by atoms with E-state index >= 15 is 0 Å². The molecule has 15 heavy (non-hydrogen) atoms. The Labute approximate surface area is 103 Å². The van der Waals surface area contributed by atoms with Crippen LogP contribution >= 0.6 is 22.6 Å². The molecule has 0 saturated heterocycles. The summed E-state index contributed by atoms with van der Waals surface area (Å²) < 4.78 is 0.780. The third kappa shape index (κ3) is 2.24. The van der Waals surface area contributed by atoms with Crippen molar-refractivity contribution < 1.29 is 0 Å². The van der Waals surface area contributed by atoms with Gasteiger partial charge in [-0.3, -0.25) is 4.79 Å². The lowest BCUT2D eigenvalue weighted by atomic mass is 10.1. The van der Waals surface area contributed by atoms with Crippen LogP contribution in [0.4, 0.5) is 0 Å². The minimum absolute atomic E-state index is 0.0304. The van der Waals surface area contributed by atoms with Gasteiger partial charge in [-0.15, -0.1) is 0 Å². The molecule has 1 saturated carbocycles. The van der Waals surface area contributed by atoms with E-state index in [0.29, 0.717) is 11.8 Å². The highest BCUT2D eigenvalue weighted by Crippen LogP contribution is 2.40. The van der Waals surface area contributed by atoms with Gasteiger partial charge in [-0.2, -0.15) is 0 Å². The molecule has 0 spiro atoms. The Morgan fingerprint density at radius 1 is 1.60 bits per heavy atom. The summed E-state index contributed by atoms with van der Waals surface area (Å²) in [6.45, 7) is 4.21. The first-order valence-electron chi connectivity index (χ1n) is 5.43. The van der Waals surface area contributed by atoms with Crippen LogP contribution in [0.5, 0.6) is 0 Å². The molecule has 0 amide bonds. The van der Waals surface area contributed by atoms with Gasteiger partial charge in [-0.25, -0.2) is 4.98 Å². The highest BCUT2D eigenvalue weighted by atomic mass is 127. The molecule has 0 bridgehead atoms. The zero-order valence-electron chi connectivity index (χ0n) is 9.01. The number of aromatic nitrogens is 2. The first-order valence-corrected chi connectivity index (χ1v) is 6.51. The van der Waals surface area contributed by atoms with Crippen molar-refractivity contribution in [3.63, 3.8) is 0 Å². The van der Waals surface area contributed by atoms with Gasteiger partial charge in [0.15, 0.2) is 0 Å². The summed E-state index contributed by atoms with van der Waals surface area (Å²) in [7, 11) is 0. The van der Waals surface area contributed by atoms with Crippen molar-refractivity contribution in [1.82, 2.24) is 9.97 Å². The molecule has 1 aromatic rings. The number of halogens is 1. The predicted octanol–water partition coefficient (Wildman–Crippen LogP) is 2.77.